The monoisotopic (exact) mass is 234 g/mol. The highest BCUT2D eigenvalue weighted by Gasteiger charge is 2.40. The van der Waals surface area contributed by atoms with Crippen molar-refractivity contribution in [3.05, 3.63) is 12.2 Å². The molecule has 0 radical (unpaired) electrons. The average Bonchev–Trinajstić information content (AvgIpc) is 2.86. The molecule has 3 aliphatic rings. The summed E-state index contributed by atoms with van der Waals surface area (Å²) in [6.07, 6.45) is 8.97. The first-order chi connectivity index (χ1) is 8.24. The number of nitrogens with one attached hydrogen (secondary N) is 1. The topological polar surface area (TPSA) is 15.3 Å². The van der Waals surface area contributed by atoms with Gasteiger partial charge in [0.25, 0.3) is 0 Å². The summed E-state index contributed by atoms with van der Waals surface area (Å²) in [6, 6.07) is 1.53. The quantitative estimate of drug-likeness (QED) is 0.751. The zero-order chi connectivity index (χ0) is 11.8. The van der Waals surface area contributed by atoms with Crippen molar-refractivity contribution in [2.45, 2.75) is 45.2 Å². The molecule has 1 saturated carbocycles. The van der Waals surface area contributed by atoms with Crippen LogP contribution in [0.5, 0.6) is 0 Å². The predicted molar refractivity (Wildman–Crippen MR) is 72.0 cm³/mol. The largest absolute Gasteiger partial charge is 0.313 e. The molecule has 3 rings (SSSR count). The summed E-state index contributed by atoms with van der Waals surface area (Å²) in [7, 11) is 0. The molecule has 4 unspecified atom stereocenters. The number of nitrogens with zero attached hydrogens (tertiary/aromatic N) is 1. The highest BCUT2D eigenvalue weighted by molar-refractivity contribution is 5.12. The number of hydrogen-bond donors (Lipinski definition) is 1. The van der Waals surface area contributed by atoms with E-state index in [9.17, 15) is 0 Å². The summed E-state index contributed by atoms with van der Waals surface area (Å²) < 4.78 is 0. The number of allylic oxidation sites excluding steroid dienone is 1. The van der Waals surface area contributed by atoms with Crippen molar-refractivity contribution >= 4 is 0 Å². The van der Waals surface area contributed by atoms with Crippen molar-refractivity contribution in [1.82, 2.24) is 10.2 Å². The predicted octanol–water partition coefficient (Wildman–Crippen LogP) is 2.27. The molecule has 4 atom stereocenters. The lowest BCUT2D eigenvalue weighted by molar-refractivity contribution is 0.157. The maximum atomic E-state index is 3.81. The zero-order valence-corrected chi connectivity index (χ0v) is 11.2. The van der Waals surface area contributed by atoms with Gasteiger partial charge < -0.3 is 10.2 Å². The van der Waals surface area contributed by atoms with Crippen LogP contribution in [-0.4, -0.2) is 36.6 Å². The van der Waals surface area contributed by atoms with Gasteiger partial charge in [0, 0.05) is 18.6 Å². The second kappa shape index (κ2) is 4.74. The summed E-state index contributed by atoms with van der Waals surface area (Å²) in [4.78, 5) is 2.62. The van der Waals surface area contributed by atoms with Gasteiger partial charge in [0.2, 0.25) is 0 Å². The van der Waals surface area contributed by atoms with E-state index < -0.39 is 0 Å². The van der Waals surface area contributed by atoms with Crippen molar-refractivity contribution in [2.24, 2.45) is 17.8 Å². The maximum absolute atomic E-state index is 3.81. The molecule has 0 aromatic heterocycles. The number of hydrogen-bond acceptors (Lipinski definition) is 2. The standard InChI is InChI=1S/C15H26N2/c1-11(2)17-7-6-12(10-17)9-16-15-8-13-4-3-5-14(13)15/h3,5,11-16H,4,6-10H2,1-2H3. The molecule has 0 amide bonds. The molecule has 1 aliphatic heterocycles. The number of likely N-dealkylation sites (tertiary alicyclic amines) is 1. The van der Waals surface area contributed by atoms with Gasteiger partial charge in [-0.25, -0.2) is 0 Å². The first kappa shape index (κ1) is 11.7. The Kier molecular flexibility index (Phi) is 3.27. The lowest BCUT2D eigenvalue weighted by atomic mass is 9.71. The fourth-order valence-corrected chi connectivity index (χ4v) is 3.76. The molecule has 0 aromatic rings. The maximum Gasteiger partial charge on any atom is 0.0136 e. The summed E-state index contributed by atoms with van der Waals surface area (Å²) in [6.45, 7) is 8.48. The molecule has 1 saturated heterocycles. The summed E-state index contributed by atoms with van der Waals surface area (Å²) in [5.74, 6) is 2.75. The molecule has 96 valence electrons. The molecule has 0 bridgehead atoms. The van der Waals surface area contributed by atoms with Crippen LogP contribution >= 0.6 is 0 Å². The van der Waals surface area contributed by atoms with Gasteiger partial charge in [-0.3, -0.25) is 0 Å². The minimum absolute atomic E-state index is 0.728. The van der Waals surface area contributed by atoms with Crippen LogP contribution in [0.4, 0.5) is 0 Å². The van der Waals surface area contributed by atoms with Crippen LogP contribution in [0.2, 0.25) is 0 Å². The van der Waals surface area contributed by atoms with Crippen LogP contribution in [0.15, 0.2) is 12.2 Å². The Labute approximate surface area is 105 Å². The fraction of sp³-hybridized carbons (Fsp3) is 0.867. The summed E-state index contributed by atoms with van der Waals surface area (Å²) >= 11 is 0. The zero-order valence-electron chi connectivity index (χ0n) is 11.2. The Balaban J connectivity index is 1.39. The van der Waals surface area contributed by atoms with Crippen LogP contribution in [-0.2, 0) is 0 Å². The van der Waals surface area contributed by atoms with E-state index in [-0.39, 0.29) is 0 Å². The van der Waals surface area contributed by atoms with E-state index >= 15 is 0 Å². The van der Waals surface area contributed by atoms with Gasteiger partial charge in [0.1, 0.15) is 0 Å². The number of rotatable bonds is 4. The summed E-state index contributed by atoms with van der Waals surface area (Å²) in [5.41, 5.74) is 0. The normalized spacial score (nSPS) is 40.9. The Bertz CT molecular complexity index is 297. The third kappa shape index (κ3) is 2.30. The van der Waals surface area contributed by atoms with Gasteiger partial charge >= 0.3 is 0 Å². The fourth-order valence-electron chi connectivity index (χ4n) is 3.76. The summed E-state index contributed by atoms with van der Waals surface area (Å²) in [5, 5.41) is 3.81. The molecular formula is C15H26N2. The molecule has 2 heteroatoms. The van der Waals surface area contributed by atoms with Crippen molar-refractivity contribution in [3.8, 4) is 0 Å². The van der Waals surface area contributed by atoms with Crippen LogP contribution in [0.3, 0.4) is 0 Å². The van der Waals surface area contributed by atoms with E-state index in [2.05, 4.69) is 36.2 Å². The van der Waals surface area contributed by atoms with Gasteiger partial charge in [0.05, 0.1) is 0 Å². The highest BCUT2D eigenvalue weighted by Crippen LogP contribution is 2.42. The van der Waals surface area contributed by atoms with Gasteiger partial charge in [-0.2, -0.15) is 0 Å². The van der Waals surface area contributed by atoms with Crippen LogP contribution in [0.1, 0.15) is 33.1 Å². The van der Waals surface area contributed by atoms with Crippen LogP contribution in [0.25, 0.3) is 0 Å². The second-order valence-electron chi connectivity index (χ2n) is 6.50. The van der Waals surface area contributed by atoms with Crippen LogP contribution in [0, 0.1) is 17.8 Å². The van der Waals surface area contributed by atoms with Crippen molar-refractivity contribution in [3.63, 3.8) is 0 Å². The molecule has 1 N–H and O–H groups in total. The molecule has 1 heterocycles. The van der Waals surface area contributed by atoms with E-state index in [1.165, 1.54) is 38.9 Å². The smallest absolute Gasteiger partial charge is 0.0136 e. The molecule has 0 aromatic carbocycles. The van der Waals surface area contributed by atoms with Crippen molar-refractivity contribution in [2.75, 3.05) is 19.6 Å². The van der Waals surface area contributed by atoms with Crippen molar-refractivity contribution in [1.29, 1.82) is 0 Å². The van der Waals surface area contributed by atoms with E-state index in [1.807, 2.05) is 0 Å². The van der Waals surface area contributed by atoms with E-state index in [1.54, 1.807) is 0 Å². The van der Waals surface area contributed by atoms with E-state index in [4.69, 9.17) is 0 Å². The molecular weight excluding hydrogens is 208 g/mol. The van der Waals surface area contributed by atoms with E-state index in [0.29, 0.717) is 0 Å². The Hall–Kier alpha value is -0.340. The minimum Gasteiger partial charge on any atom is -0.313 e. The Morgan fingerprint density at radius 1 is 1.41 bits per heavy atom. The van der Waals surface area contributed by atoms with Crippen LogP contribution < -0.4 is 5.32 Å². The molecule has 0 spiro atoms. The molecule has 2 nitrogen and oxygen atoms in total. The van der Waals surface area contributed by atoms with Crippen molar-refractivity contribution < 1.29 is 0 Å². The minimum atomic E-state index is 0.728. The van der Waals surface area contributed by atoms with E-state index in [0.717, 1.165) is 29.8 Å². The lowest BCUT2D eigenvalue weighted by Crippen LogP contribution is -2.49. The third-order valence-electron chi connectivity index (χ3n) is 5.08. The third-order valence-corrected chi connectivity index (χ3v) is 5.08. The molecule has 2 fully saturated rings. The first-order valence-corrected chi connectivity index (χ1v) is 7.38. The highest BCUT2D eigenvalue weighted by atomic mass is 15.2. The SMILES string of the molecule is CC(C)N1CCC(CNC2CC3CC=CC32)C1. The molecule has 2 aliphatic carbocycles. The average molecular weight is 234 g/mol. The van der Waals surface area contributed by atoms with Gasteiger partial charge in [-0.05, 0) is 64.0 Å². The molecule has 17 heavy (non-hydrogen) atoms. The Morgan fingerprint density at radius 3 is 3.00 bits per heavy atom. The van der Waals surface area contributed by atoms with Gasteiger partial charge in [-0.15, -0.1) is 0 Å². The van der Waals surface area contributed by atoms with Gasteiger partial charge in [-0.1, -0.05) is 12.2 Å². The number of fused-ring (bicyclic) bond motifs is 1. The van der Waals surface area contributed by atoms with Gasteiger partial charge in [0.15, 0.2) is 0 Å². The lowest BCUT2D eigenvalue weighted by Gasteiger charge is -2.41. The Morgan fingerprint density at radius 2 is 2.29 bits per heavy atom. The first-order valence-electron chi connectivity index (χ1n) is 7.38. The second-order valence-corrected chi connectivity index (χ2v) is 6.50.